The first-order chi connectivity index (χ1) is 12.2. The summed E-state index contributed by atoms with van der Waals surface area (Å²) in [4.78, 5) is 4.34. The van der Waals surface area contributed by atoms with E-state index >= 15 is 0 Å². The van der Waals surface area contributed by atoms with E-state index in [0.717, 1.165) is 50.0 Å². The van der Waals surface area contributed by atoms with Crippen molar-refractivity contribution in [1.29, 1.82) is 0 Å². The largest absolute Gasteiger partial charge is 0.454 e. The van der Waals surface area contributed by atoms with Gasteiger partial charge in [-0.25, -0.2) is 0 Å². The Balaban J connectivity index is 1.42. The van der Waals surface area contributed by atoms with Gasteiger partial charge in [0, 0.05) is 33.9 Å². The van der Waals surface area contributed by atoms with Crippen molar-refractivity contribution in [3.05, 3.63) is 23.8 Å². The van der Waals surface area contributed by atoms with E-state index in [-0.39, 0.29) is 0 Å². The van der Waals surface area contributed by atoms with Gasteiger partial charge < -0.3 is 24.8 Å². The average Bonchev–Trinajstić information content (AvgIpc) is 3.06. The van der Waals surface area contributed by atoms with Gasteiger partial charge in [0.25, 0.3) is 0 Å². The van der Waals surface area contributed by atoms with Gasteiger partial charge in [0.2, 0.25) is 6.79 Å². The lowest BCUT2D eigenvalue weighted by Gasteiger charge is -2.42. The maximum Gasteiger partial charge on any atom is 0.231 e. The number of aliphatic imine (C=N–C) groups is 1. The Morgan fingerprint density at radius 3 is 2.80 bits per heavy atom. The molecule has 0 atom stereocenters. The summed E-state index contributed by atoms with van der Waals surface area (Å²) < 4.78 is 16.0. The molecule has 1 aromatic rings. The lowest BCUT2D eigenvalue weighted by molar-refractivity contribution is 0.0732. The zero-order valence-electron chi connectivity index (χ0n) is 15.3. The SMILES string of the molecule is CN=C(NCCc1ccc2c(c1)OCO2)NCC1(CCOC)CCC1. The summed E-state index contributed by atoms with van der Waals surface area (Å²) >= 11 is 0. The van der Waals surface area contributed by atoms with Crippen molar-refractivity contribution >= 4 is 5.96 Å². The smallest absolute Gasteiger partial charge is 0.231 e. The first-order valence-electron chi connectivity index (χ1n) is 9.07. The standard InChI is InChI=1S/C19H29N3O3/c1-20-18(22-13-19(7-3-8-19)9-11-23-2)21-10-6-15-4-5-16-17(12-15)25-14-24-16/h4-5,12H,3,6-11,13-14H2,1-2H3,(H2,20,21,22). The molecule has 1 saturated carbocycles. The van der Waals surface area contributed by atoms with Gasteiger partial charge >= 0.3 is 0 Å². The molecule has 2 N–H and O–H groups in total. The molecule has 138 valence electrons. The molecule has 0 spiro atoms. The van der Waals surface area contributed by atoms with E-state index in [4.69, 9.17) is 14.2 Å². The Labute approximate surface area is 149 Å². The highest BCUT2D eigenvalue weighted by Gasteiger charge is 2.36. The van der Waals surface area contributed by atoms with Gasteiger partial charge in [-0.3, -0.25) is 4.99 Å². The van der Waals surface area contributed by atoms with Crippen molar-refractivity contribution in [2.24, 2.45) is 10.4 Å². The third kappa shape index (κ3) is 4.57. The summed E-state index contributed by atoms with van der Waals surface area (Å²) in [5.41, 5.74) is 1.60. The van der Waals surface area contributed by atoms with Crippen LogP contribution in [0.3, 0.4) is 0 Å². The molecule has 6 heteroatoms. The van der Waals surface area contributed by atoms with Crippen LogP contribution >= 0.6 is 0 Å². The molecule has 0 amide bonds. The molecule has 0 radical (unpaired) electrons. The quantitative estimate of drug-likeness (QED) is 0.558. The van der Waals surface area contributed by atoms with Crippen LogP contribution in [0.4, 0.5) is 0 Å². The number of rotatable bonds is 8. The summed E-state index contributed by atoms with van der Waals surface area (Å²) in [6.07, 6.45) is 5.90. The van der Waals surface area contributed by atoms with E-state index in [0.29, 0.717) is 12.2 Å². The van der Waals surface area contributed by atoms with Crippen molar-refractivity contribution < 1.29 is 14.2 Å². The van der Waals surface area contributed by atoms with Gasteiger partial charge in [0.05, 0.1) is 0 Å². The van der Waals surface area contributed by atoms with Crippen LogP contribution in [0.5, 0.6) is 11.5 Å². The monoisotopic (exact) mass is 347 g/mol. The van der Waals surface area contributed by atoms with Crippen molar-refractivity contribution in [3.63, 3.8) is 0 Å². The minimum absolute atomic E-state index is 0.318. The van der Waals surface area contributed by atoms with Crippen LogP contribution in [0.25, 0.3) is 0 Å². The molecular weight excluding hydrogens is 318 g/mol. The van der Waals surface area contributed by atoms with E-state index in [1.807, 2.05) is 19.2 Å². The Bertz CT molecular complexity index is 600. The number of methoxy groups -OCH3 is 1. The third-order valence-electron chi connectivity index (χ3n) is 5.25. The predicted octanol–water partition coefficient (Wildman–Crippen LogP) is 2.33. The molecular formula is C19H29N3O3. The Morgan fingerprint density at radius 1 is 1.24 bits per heavy atom. The maximum absolute atomic E-state index is 5.43. The zero-order valence-corrected chi connectivity index (χ0v) is 15.3. The molecule has 1 aliphatic heterocycles. The van der Waals surface area contributed by atoms with E-state index in [1.165, 1.54) is 24.8 Å². The van der Waals surface area contributed by atoms with Crippen molar-refractivity contribution in [1.82, 2.24) is 10.6 Å². The molecule has 1 fully saturated rings. The Morgan fingerprint density at radius 2 is 2.08 bits per heavy atom. The topological polar surface area (TPSA) is 64.1 Å². The van der Waals surface area contributed by atoms with Crippen LogP contribution in [0.1, 0.15) is 31.2 Å². The third-order valence-corrected chi connectivity index (χ3v) is 5.25. The van der Waals surface area contributed by atoms with Crippen LogP contribution < -0.4 is 20.1 Å². The summed E-state index contributed by atoms with van der Waals surface area (Å²) in [6.45, 7) is 2.93. The Hall–Kier alpha value is -1.95. The van der Waals surface area contributed by atoms with Gasteiger partial charge in [-0.15, -0.1) is 0 Å². The van der Waals surface area contributed by atoms with Crippen LogP contribution in [-0.2, 0) is 11.2 Å². The number of guanidine groups is 1. The fraction of sp³-hybridized carbons (Fsp3) is 0.632. The number of nitrogens with one attached hydrogen (secondary N) is 2. The van der Waals surface area contributed by atoms with Crippen LogP contribution in [0.2, 0.25) is 0 Å². The summed E-state index contributed by atoms with van der Waals surface area (Å²) in [7, 11) is 3.59. The van der Waals surface area contributed by atoms with Gasteiger partial charge in [-0.05, 0) is 48.8 Å². The summed E-state index contributed by atoms with van der Waals surface area (Å²) in [5, 5.41) is 6.89. The molecule has 2 aliphatic rings. The summed E-state index contributed by atoms with van der Waals surface area (Å²) in [6, 6.07) is 6.11. The molecule has 3 rings (SSSR count). The first kappa shape index (κ1) is 17.9. The first-order valence-corrected chi connectivity index (χ1v) is 9.07. The average molecular weight is 347 g/mol. The van der Waals surface area contributed by atoms with E-state index in [9.17, 15) is 0 Å². The maximum atomic E-state index is 5.43. The van der Waals surface area contributed by atoms with E-state index < -0.39 is 0 Å². The molecule has 0 saturated heterocycles. The molecule has 1 aliphatic carbocycles. The fourth-order valence-corrected chi connectivity index (χ4v) is 3.42. The van der Waals surface area contributed by atoms with Gasteiger partial charge in [0.1, 0.15) is 0 Å². The predicted molar refractivity (Wildman–Crippen MR) is 98.4 cm³/mol. The molecule has 0 bridgehead atoms. The number of nitrogens with zero attached hydrogens (tertiary/aromatic N) is 1. The van der Waals surface area contributed by atoms with Crippen LogP contribution in [-0.4, -0.2) is 46.6 Å². The lowest BCUT2D eigenvalue weighted by atomic mass is 9.67. The molecule has 1 aromatic carbocycles. The second-order valence-electron chi connectivity index (χ2n) is 6.89. The second-order valence-corrected chi connectivity index (χ2v) is 6.89. The number of hydrogen-bond donors (Lipinski definition) is 2. The van der Waals surface area contributed by atoms with Gasteiger partial charge in [-0.2, -0.15) is 0 Å². The highest BCUT2D eigenvalue weighted by Crippen LogP contribution is 2.43. The zero-order chi connectivity index (χ0) is 17.5. The van der Waals surface area contributed by atoms with Crippen LogP contribution in [0.15, 0.2) is 23.2 Å². The van der Waals surface area contributed by atoms with E-state index in [1.54, 1.807) is 7.11 Å². The van der Waals surface area contributed by atoms with Crippen molar-refractivity contribution in [2.45, 2.75) is 32.1 Å². The number of ether oxygens (including phenoxy) is 3. The lowest BCUT2D eigenvalue weighted by Crippen LogP contribution is -2.47. The molecule has 0 unspecified atom stereocenters. The molecule has 1 heterocycles. The minimum Gasteiger partial charge on any atom is -0.454 e. The Kier molecular flexibility index (Phi) is 6.02. The molecule has 6 nitrogen and oxygen atoms in total. The van der Waals surface area contributed by atoms with Crippen molar-refractivity contribution in [3.8, 4) is 11.5 Å². The van der Waals surface area contributed by atoms with Crippen LogP contribution in [0, 0.1) is 5.41 Å². The van der Waals surface area contributed by atoms with E-state index in [2.05, 4.69) is 21.7 Å². The van der Waals surface area contributed by atoms with Gasteiger partial charge in [0.15, 0.2) is 17.5 Å². The number of benzene rings is 1. The second kappa shape index (κ2) is 8.43. The minimum atomic E-state index is 0.318. The highest BCUT2D eigenvalue weighted by atomic mass is 16.7. The number of fused-ring (bicyclic) bond motifs is 1. The fourth-order valence-electron chi connectivity index (χ4n) is 3.42. The molecule has 0 aromatic heterocycles. The van der Waals surface area contributed by atoms with Crippen molar-refractivity contribution in [2.75, 3.05) is 40.6 Å². The molecule has 25 heavy (non-hydrogen) atoms. The van der Waals surface area contributed by atoms with Gasteiger partial charge in [-0.1, -0.05) is 12.5 Å². The highest BCUT2D eigenvalue weighted by molar-refractivity contribution is 5.79. The number of hydrogen-bond acceptors (Lipinski definition) is 4. The normalized spacial score (nSPS) is 17.9. The summed E-state index contributed by atoms with van der Waals surface area (Å²) in [5.74, 6) is 2.53.